The third-order valence-corrected chi connectivity index (χ3v) is 4.38. The quantitative estimate of drug-likeness (QED) is 0.751. The van der Waals surface area contributed by atoms with Crippen molar-refractivity contribution in [3.8, 4) is 0 Å². The maximum Gasteiger partial charge on any atom is 0.231 e. The predicted molar refractivity (Wildman–Crippen MR) is 86.1 cm³/mol. The van der Waals surface area contributed by atoms with Gasteiger partial charge in [0.25, 0.3) is 0 Å². The van der Waals surface area contributed by atoms with E-state index >= 15 is 0 Å². The zero-order chi connectivity index (χ0) is 15.1. The number of hydrogen-bond acceptors (Lipinski definition) is 5. The standard InChI is InChI=1S/C15H29N3OS/c1-7-8-16-12(6)14(10(2)3)15-17-13(18-19-15)9-20-11(4)5/h10-12,14,16H,7-9H2,1-6H3. The number of nitrogens with zero attached hydrogens (tertiary/aromatic N) is 2. The molecule has 1 aromatic rings. The zero-order valence-corrected chi connectivity index (χ0v) is 14.5. The van der Waals surface area contributed by atoms with E-state index in [1.807, 2.05) is 11.8 Å². The van der Waals surface area contributed by atoms with Crippen LogP contribution in [0.2, 0.25) is 0 Å². The molecule has 2 unspecified atom stereocenters. The van der Waals surface area contributed by atoms with Crippen LogP contribution in [0, 0.1) is 5.92 Å². The predicted octanol–water partition coefficient (Wildman–Crippen LogP) is 3.84. The van der Waals surface area contributed by atoms with E-state index in [0.717, 1.165) is 30.4 Å². The van der Waals surface area contributed by atoms with Crippen LogP contribution in [-0.2, 0) is 5.75 Å². The summed E-state index contributed by atoms with van der Waals surface area (Å²) in [5.74, 6) is 3.15. The Morgan fingerprint density at radius 1 is 1.20 bits per heavy atom. The monoisotopic (exact) mass is 299 g/mol. The van der Waals surface area contributed by atoms with Crippen LogP contribution >= 0.6 is 11.8 Å². The normalized spacial score (nSPS) is 15.0. The first kappa shape index (κ1) is 17.5. The maximum absolute atomic E-state index is 5.51. The van der Waals surface area contributed by atoms with E-state index in [-0.39, 0.29) is 5.92 Å². The molecule has 0 fully saturated rings. The van der Waals surface area contributed by atoms with Crippen molar-refractivity contribution in [2.45, 2.75) is 70.9 Å². The molecule has 0 bridgehead atoms. The first-order valence-electron chi connectivity index (χ1n) is 7.63. The van der Waals surface area contributed by atoms with Crippen molar-refractivity contribution in [2.24, 2.45) is 5.92 Å². The molecule has 0 aliphatic carbocycles. The fourth-order valence-electron chi connectivity index (χ4n) is 2.28. The van der Waals surface area contributed by atoms with Crippen LogP contribution in [0.25, 0.3) is 0 Å². The third kappa shape index (κ3) is 5.44. The average Bonchev–Trinajstić information content (AvgIpc) is 2.82. The van der Waals surface area contributed by atoms with Gasteiger partial charge >= 0.3 is 0 Å². The van der Waals surface area contributed by atoms with Gasteiger partial charge in [0.15, 0.2) is 5.82 Å². The molecule has 0 aliphatic heterocycles. The lowest BCUT2D eigenvalue weighted by atomic mass is 9.89. The second kappa shape index (κ2) is 8.67. The minimum atomic E-state index is 0.270. The highest BCUT2D eigenvalue weighted by atomic mass is 32.2. The Morgan fingerprint density at radius 2 is 1.90 bits per heavy atom. The van der Waals surface area contributed by atoms with Gasteiger partial charge in [0.2, 0.25) is 5.89 Å². The molecular weight excluding hydrogens is 270 g/mol. The Kier molecular flexibility index (Phi) is 7.59. The molecule has 0 aliphatic rings. The van der Waals surface area contributed by atoms with Crippen molar-refractivity contribution >= 4 is 11.8 Å². The highest BCUT2D eigenvalue weighted by molar-refractivity contribution is 7.99. The van der Waals surface area contributed by atoms with Crippen molar-refractivity contribution in [1.82, 2.24) is 15.5 Å². The second-order valence-corrected chi connectivity index (χ2v) is 7.49. The van der Waals surface area contributed by atoms with Crippen LogP contribution in [0.4, 0.5) is 0 Å². The molecule has 5 heteroatoms. The Bertz CT molecular complexity index is 379. The fourth-order valence-corrected chi connectivity index (χ4v) is 2.88. The maximum atomic E-state index is 5.51. The van der Waals surface area contributed by atoms with Crippen LogP contribution < -0.4 is 5.32 Å². The minimum Gasteiger partial charge on any atom is -0.339 e. The zero-order valence-electron chi connectivity index (χ0n) is 13.6. The summed E-state index contributed by atoms with van der Waals surface area (Å²) < 4.78 is 5.51. The van der Waals surface area contributed by atoms with Gasteiger partial charge in [-0.15, -0.1) is 0 Å². The smallest absolute Gasteiger partial charge is 0.231 e. The lowest BCUT2D eigenvalue weighted by Gasteiger charge is -2.24. The second-order valence-electron chi connectivity index (χ2n) is 5.92. The Balaban J connectivity index is 2.71. The Morgan fingerprint density at radius 3 is 2.45 bits per heavy atom. The average molecular weight is 299 g/mol. The molecule has 0 aromatic carbocycles. The molecule has 2 atom stereocenters. The Labute approximate surface area is 127 Å². The van der Waals surface area contributed by atoms with Crippen molar-refractivity contribution in [3.05, 3.63) is 11.7 Å². The van der Waals surface area contributed by atoms with Gasteiger partial charge in [0.1, 0.15) is 0 Å². The van der Waals surface area contributed by atoms with Gasteiger partial charge in [-0.2, -0.15) is 16.7 Å². The fraction of sp³-hybridized carbons (Fsp3) is 0.867. The van der Waals surface area contributed by atoms with Gasteiger partial charge in [0.05, 0.1) is 11.7 Å². The van der Waals surface area contributed by atoms with E-state index in [1.54, 1.807) is 0 Å². The largest absolute Gasteiger partial charge is 0.339 e. The van der Waals surface area contributed by atoms with Crippen LogP contribution in [-0.4, -0.2) is 28.0 Å². The third-order valence-electron chi connectivity index (χ3n) is 3.29. The highest BCUT2D eigenvalue weighted by Crippen LogP contribution is 2.27. The number of rotatable bonds is 9. The molecule has 1 heterocycles. The molecule has 1 aromatic heterocycles. The highest BCUT2D eigenvalue weighted by Gasteiger charge is 2.28. The molecule has 0 radical (unpaired) electrons. The summed E-state index contributed by atoms with van der Waals surface area (Å²) in [4.78, 5) is 4.59. The first-order chi connectivity index (χ1) is 9.45. The van der Waals surface area contributed by atoms with Gasteiger partial charge in [-0.1, -0.05) is 39.8 Å². The molecule has 1 N–H and O–H groups in total. The van der Waals surface area contributed by atoms with E-state index in [4.69, 9.17) is 4.52 Å². The van der Waals surface area contributed by atoms with E-state index in [9.17, 15) is 0 Å². The minimum absolute atomic E-state index is 0.270. The van der Waals surface area contributed by atoms with Crippen molar-refractivity contribution in [3.63, 3.8) is 0 Å². The lowest BCUT2D eigenvalue weighted by Crippen LogP contribution is -2.35. The summed E-state index contributed by atoms with van der Waals surface area (Å²) in [5, 5.41) is 8.24. The lowest BCUT2D eigenvalue weighted by molar-refractivity contribution is 0.279. The van der Waals surface area contributed by atoms with Crippen LogP contribution in [0.3, 0.4) is 0 Å². The van der Waals surface area contributed by atoms with Gasteiger partial charge in [-0.05, 0) is 31.1 Å². The number of aromatic nitrogens is 2. The van der Waals surface area contributed by atoms with E-state index in [2.05, 4.69) is 57.0 Å². The van der Waals surface area contributed by atoms with Crippen LogP contribution in [0.5, 0.6) is 0 Å². The number of nitrogens with one attached hydrogen (secondary N) is 1. The van der Waals surface area contributed by atoms with E-state index < -0.39 is 0 Å². The van der Waals surface area contributed by atoms with Gasteiger partial charge < -0.3 is 9.84 Å². The van der Waals surface area contributed by atoms with E-state index in [0.29, 0.717) is 17.2 Å². The van der Waals surface area contributed by atoms with Crippen LogP contribution in [0.15, 0.2) is 4.52 Å². The summed E-state index contributed by atoms with van der Waals surface area (Å²) in [7, 11) is 0. The summed E-state index contributed by atoms with van der Waals surface area (Å²) in [6, 6.07) is 0.348. The van der Waals surface area contributed by atoms with Crippen LogP contribution in [0.1, 0.15) is 65.6 Å². The van der Waals surface area contributed by atoms with Crippen molar-refractivity contribution in [1.29, 1.82) is 0 Å². The van der Waals surface area contributed by atoms with Gasteiger partial charge in [0, 0.05) is 6.04 Å². The van der Waals surface area contributed by atoms with Crippen molar-refractivity contribution < 1.29 is 4.52 Å². The molecule has 20 heavy (non-hydrogen) atoms. The van der Waals surface area contributed by atoms with Gasteiger partial charge in [-0.25, -0.2) is 0 Å². The summed E-state index contributed by atoms with van der Waals surface area (Å²) in [6.07, 6.45) is 1.13. The molecular formula is C15H29N3OS. The van der Waals surface area contributed by atoms with E-state index in [1.165, 1.54) is 0 Å². The molecule has 0 spiro atoms. The number of hydrogen-bond donors (Lipinski definition) is 1. The summed E-state index contributed by atoms with van der Waals surface area (Å²) in [6.45, 7) is 14.2. The summed E-state index contributed by atoms with van der Waals surface area (Å²) >= 11 is 1.84. The number of thioether (sulfide) groups is 1. The first-order valence-corrected chi connectivity index (χ1v) is 8.68. The molecule has 1 rings (SSSR count). The van der Waals surface area contributed by atoms with Gasteiger partial charge in [-0.3, -0.25) is 0 Å². The molecule has 0 saturated carbocycles. The Hall–Kier alpha value is -0.550. The van der Waals surface area contributed by atoms with Crippen molar-refractivity contribution in [2.75, 3.05) is 6.54 Å². The molecule has 116 valence electrons. The summed E-state index contributed by atoms with van der Waals surface area (Å²) in [5.41, 5.74) is 0. The molecule has 0 amide bonds. The SMILES string of the molecule is CCCNC(C)C(c1nc(CSC(C)C)no1)C(C)C. The molecule has 4 nitrogen and oxygen atoms in total. The molecule has 0 saturated heterocycles. The topological polar surface area (TPSA) is 51.0 Å².